The quantitative estimate of drug-likeness (QED) is 0.487. The van der Waals surface area contributed by atoms with E-state index < -0.39 is 22.1 Å². The van der Waals surface area contributed by atoms with Crippen molar-refractivity contribution >= 4 is 39.9 Å². The standard InChI is InChI=1S/C19H18ClN5O5/c1-4-5-10-9-21-16-14(18(27)24(3)19(28)23(16)2)15(10)22-17(26)12-8-11(25(29)30)6-7-13(12)20/h6-9H,4-5H2,1-3H3,(H,21,22,26). The molecule has 30 heavy (non-hydrogen) atoms. The van der Waals surface area contributed by atoms with Gasteiger partial charge in [-0.3, -0.25) is 28.8 Å². The summed E-state index contributed by atoms with van der Waals surface area (Å²) in [6.45, 7) is 1.92. The fourth-order valence-corrected chi connectivity index (χ4v) is 3.35. The number of nitrogens with one attached hydrogen (secondary N) is 1. The zero-order valence-corrected chi connectivity index (χ0v) is 17.2. The molecule has 0 bridgehead atoms. The maximum atomic E-state index is 12.9. The topological polar surface area (TPSA) is 129 Å². The second-order valence-electron chi connectivity index (χ2n) is 6.69. The molecule has 0 unspecified atom stereocenters. The normalized spacial score (nSPS) is 10.9. The Hall–Kier alpha value is -3.53. The lowest BCUT2D eigenvalue weighted by Gasteiger charge is -2.15. The molecule has 156 valence electrons. The van der Waals surface area contributed by atoms with Gasteiger partial charge in [-0.2, -0.15) is 0 Å². The van der Waals surface area contributed by atoms with Gasteiger partial charge in [-0.1, -0.05) is 24.9 Å². The monoisotopic (exact) mass is 431 g/mol. The van der Waals surface area contributed by atoms with Crippen LogP contribution in [0.5, 0.6) is 0 Å². The minimum Gasteiger partial charge on any atom is -0.321 e. The van der Waals surface area contributed by atoms with Crippen LogP contribution in [-0.4, -0.2) is 24.9 Å². The molecule has 3 rings (SSSR count). The van der Waals surface area contributed by atoms with Crippen molar-refractivity contribution in [3.8, 4) is 0 Å². The molecule has 0 aliphatic heterocycles. The van der Waals surface area contributed by atoms with Crippen LogP contribution in [0, 0.1) is 10.1 Å². The zero-order chi connectivity index (χ0) is 22.2. The van der Waals surface area contributed by atoms with E-state index in [9.17, 15) is 24.5 Å². The van der Waals surface area contributed by atoms with Gasteiger partial charge in [-0.15, -0.1) is 0 Å². The minimum atomic E-state index is -0.718. The first-order valence-corrected chi connectivity index (χ1v) is 9.38. The summed E-state index contributed by atoms with van der Waals surface area (Å²) in [4.78, 5) is 52.7. The first kappa shape index (κ1) is 21.2. The van der Waals surface area contributed by atoms with Crippen molar-refractivity contribution in [3.63, 3.8) is 0 Å². The number of halogens is 1. The Morgan fingerprint density at radius 3 is 2.60 bits per heavy atom. The summed E-state index contributed by atoms with van der Waals surface area (Å²) in [5.74, 6) is -0.718. The van der Waals surface area contributed by atoms with Gasteiger partial charge in [0.25, 0.3) is 17.2 Å². The largest absolute Gasteiger partial charge is 0.332 e. The van der Waals surface area contributed by atoms with E-state index in [-0.39, 0.29) is 33.0 Å². The molecule has 0 spiro atoms. The fourth-order valence-electron chi connectivity index (χ4n) is 3.15. The van der Waals surface area contributed by atoms with Crippen LogP contribution in [0.25, 0.3) is 11.0 Å². The van der Waals surface area contributed by atoms with Crippen LogP contribution >= 0.6 is 11.6 Å². The molecule has 11 heteroatoms. The molecule has 0 aliphatic rings. The summed E-state index contributed by atoms with van der Waals surface area (Å²) in [7, 11) is 2.80. The number of amides is 1. The summed E-state index contributed by atoms with van der Waals surface area (Å²) in [5.41, 5.74) is -0.665. The first-order valence-electron chi connectivity index (χ1n) is 9.00. The lowest BCUT2D eigenvalue weighted by Crippen LogP contribution is -2.38. The van der Waals surface area contributed by atoms with Crippen LogP contribution in [0.4, 0.5) is 11.4 Å². The van der Waals surface area contributed by atoms with Gasteiger partial charge >= 0.3 is 5.69 Å². The van der Waals surface area contributed by atoms with Gasteiger partial charge in [0.15, 0.2) is 5.65 Å². The van der Waals surface area contributed by atoms with Gasteiger partial charge in [0, 0.05) is 32.4 Å². The first-order chi connectivity index (χ1) is 14.2. The molecule has 0 aliphatic carbocycles. The highest BCUT2D eigenvalue weighted by Gasteiger charge is 2.21. The second-order valence-corrected chi connectivity index (χ2v) is 7.10. The number of hydrogen-bond acceptors (Lipinski definition) is 6. The molecule has 0 radical (unpaired) electrons. The smallest absolute Gasteiger partial charge is 0.321 e. The van der Waals surface area contributed by atoms with E-state index in [1.54, 1.807) is 0 Å². The Kier molecular flexibility index (Phi) is 5.70. The number of benzene rings is 1. The molecule has 1 aromatic carbocycles. The SMILES string of the molecule is CCCc1cnc2c(c1NC(=O)c1cc([N+](=O)[O-])ccc1Cl)c(=O)n(C)c(=O)n2C. The van der Waals surface area contributed by atoms with Gasteiger partial charge in [-0.05, 0) is 18.1 Å². The van der Waals surface area contributed by atoms with Gasteiger partial charge in [0.2, 0.25) is 0 Å². The number of nitrogens with zero attached hydrogens (tertiary/aromatic N) is 4. The molecule has 1 amide bonds. The van der Waals surface area contributed by atoms with Crippen molar-refractivity contribution in [1.82, 2.24) is 14.1 Å². The lowest BCUT2D eigenvalue weighted by molar-refractivity contribution is -0.384. The molecule has 0 saturated heterocycles. The molecule has 2 heterocycles. The van der Waals surface area contributed by atoms with E-state index in [2.05, 4.69) is 10.3 Å². The molecular formula is C19H18ClN5O5. The third-order valence-electron chi connectivity index (χ3n) is 4.71. The Morgan fingerprint density at radius 1 is 1.27 bits per heavy atom. The third-order valence-corrected chi connectivity index (χ3v) is 5.04. The molecule has 0 fully saturated rings. The number of carbonyl (C=O) groups is 1. The Balaban J connectivity index is 2.25. The highest BCUT2D eigenvalue weighted by Crippen LogP contribution is 2.27. The number of nitro groups is 1. The van der Waals surface area contributed by atoms with Crippen molar-refractivity contribution in [1.29, 1.82) is 0 Å². The van der Waals surface area contributed by atoms with E-state index in [0.29, 0.717) is 18.4 Å². The predicted octanol–water partition coefficient (Wildman–Crippen LogP) is 2.40. The molecule has 10 nitrogen and oxygen atoms in total. The summed E-state index contributed by atoms with van der Waals surface area (Å²) in [6, 6.07) is 3.51. The van der Waals surface area contributed by atoms with Crippen LogP contribution < -0.4 is 16.6 Å². The van der Waals surface area contributed by atoms with E-state index >= 15 is 0 Å². The van der Waals surface area contributed by atoms with Crippen LogP contribution in [0.1, 0.15) is 29.3 Å². The van der Waals surface area contributed by atoms with Crippen molar-refractivity contribution in [2.24, 2.45) is 14.1 Å². The van der Waals surface area contributed by atoms with E-state index in [0.717, 1.165) is 10.6 Å². The summed E-state index contributed by atoms with van der Waals surface area (Å²) in [5, 5.41) is 13.8. The van der Waals surface area contributed by atoms with Crippen LogP contribution in [0.15, 0.2) is 34.0 Å². The second kappa shape index (κ2) is 8.07. The number of nitro benzene ring substituents is 1. The Bertz CT molecular complexity index is 1310. The van der Waals surface area contributed by atoms with Crippen LogP contribution in [-0.2, 0) is 20.5 Å². The van der Waals surface area contributed by atoms with E-state index in [1.807, 2.05) is 6.92 Å². The molecular weight excluding hydrogens is 414 g/mol. The minimum absolute atomic E-state index is 0.0220. The van der Waals surface area contributed by atoms with Gasteiger partial charge in [0.1, 0.15) is 5.39 Å². The Morgan fingerprint density at radius 2 is 1.97 bits per heavy atom. The molecule has 1 N–H and O–H groups in total. The van der Waals surface area contributed by atoms with Gasteiger partial charge in [0.05, 0.1) is 21.2 Å². The highest BCUT2D eigenvalue weighted by atomic mass is 35.5. The number of aryl methyl sites for hydroxylation is 2. The molecule has 2 aromatic heterocycles. The average molecular weight is 432 g/mol. The number of anilines is 1. The molecule has 0 saturated carbocycles. The third kappa shape index (κ3) is 3.57. The zero-order valence-electron chi connectivity index (χ0n) is 16.4. The van der Waals surface area contributed by atoms with Gasteiger partial charge < -0.3 is 5.32 Å². The maximum Gasteiger partial charge on any atom is 0.332 e. The number of aromatic nitrogens is 3. The van der Waals surface area contributed by atoms with Crippen LogP contribution in [0.2, 0.25) is 5.02 Å². The van der Waals surface area contributed by atoms with E-state index in [1.165, 1.54) is 37.0 Å². The Labute approximate surface area is 174 Å². The number of hydrogen-bond donors (Lipinski definition) is 1. The summed E-state index contributed by atoms with van der Waals surface area (Å²) in [6.07, 6.45) is 2.71. The fraction of sp³-hybridized carbons (Fsp3) is 0.263. The average Bonchev–Trinajstić information content (AvgIpc) is 2.71. The van der Waals surface area contributed by atoms with Crippen molar-refractivity contribution < 1.29 is 9.72 Å². The predicted molar refractivity (Wildman–Crippen MR) is 112 cm³/mol. The van der Waals surface area contributed by atoms with Crippen molar-refractivity contribution in [2.75, 3.05) is 5.32 Å². The molecule has 3 aromatic rings. The number of fused-ring (bicyclic) bond motifs is 1. The summed E-state index contributed by atoms with van der Waals surface area (Å²) >= 11 is 6.08. The summed E-state index contributed by atoms with van der Waals surface area (Å²) < 4.78 is 2.14. The van der Waals surface area contributed by atoms with Crippen molar-refractivity contribution in [2.45, 2.75) is 19.8 Å². The van der Waals surface area contributed by atoms with E-state index in [4.69, 9.17) is 11.6 Å². The maximum absolute atomic E-state index is 12.9. The number of pyridine rings is 1. The highest BCUT2D eigenvalue weighted by molar-refractivity contribution is 6.34. The number of non-ortho nitro benzene ring substituents is 1. The van der Waals surface area contributed by atoms with Crippen LogP contribution in [0.3, 0.4) is 0 Å². The lowest BCUT2D eigenvalue weighted by atomic mass is 10.1. The van der Waals surface area contributed by atoms with Crippen molar-refractivity contribution in [3.05, 3.63) is 71.5 Å². The number of carbonyl (C=O) groups excluding carboxylic acids is 1. The molecule has 0 atom stereocenters. The van der Waals surface area contributed by atoms with Gasteiger partial charge in [-0.25, -0.2) is 9.78 Å². The number of rotatable bonds is 5.